The van der Waals surface area contributed by atoms with E-state index in [2.05, 4.69) is 79.1 Å². The molecule has 1 rings (SSSR count). The minimum Gasteiger partial charge on any atom is -0.372 e. The average Bonchev–Trinajstić information content (AvgIpc) is 2.36. The zero-order valence-corrected chi connectivity index (χ0v) is 13.7. The van der Waals surface area contributed by atoms with Crippen molar-refractivity contribution in [2.24, 2.45) is 0 Å². The van der Waals surface area contributed by atoms with Gasteiger partial charge >= 0.3 is 0 Å². The molecule has 2 unspecified atom stereocenters. The first-order valence-electron chi connectivity index (χ1n) is 6.76. The number of benzene rings is 1. The Labute approximate surface area is 120 Å². The summed E-state index contributed by atoms with van der Waals surface area (Å²) in [5.74, 6) is 0. The van der Waals surface area contributed by atoms with E-state index in [0.29, 0.717) is 12.1 Å². The van der Waals surface area contributed by atoms with Gasteiger partial charge in [-0.1, -0.05) is 35.8 Å². The first kappa shape index (κ1) is 15.5. The zero-order valence-electron chi connectivity index (χ0n) is 12.1. The number of nitrogens with one attached hydrogen (secondary N) is 1. The van der Waals surface area contributed by atoms with Crippen molar-refractivity contribution in [3.05, 3.63) is 28.2 Å². The first-order valence-corrected chi connectivity index (χ1v) is 7.56. The van der Waals surface area contributed by atoms with Crippen LogP contribution in [0.15, 0.2) is 22.7 Å². The number of anilines is 1. The van der Waals surface area contributed by atoms with Crippen molar-refractivity contribution < 1.29 is 0 Å². The van der Waals surface area contributed by atoms with Crippen molar-refractivity contribution in [2.75, 3.05) is 18.5 Å². The van der Waals surface area contributed by atoms with Gasteiger partial charge < -0.3 is 10.2 Å². The van der Waals surface area contributed by atoms with Crippen LogP contribution in [0.3, 0.4) is 0 Å². The molecule has 2 atom stereocenters. The van der Waals surface area contributed by atoms with E-state index >= 15 is 0 Å². The van der Waals surface area contributed by atoms with Crippen LogP contribution in [0, 0.1) is 0 Å². The second-order valence-electron chi connectivity index (χ2n) is 4.85. The molecule has 0 spiro atoms. The van der Waals surface area contributed by atoms with Gasteiger partial charge in [-0.3, -0.25) is 0 Å². The van der Waals surface area contributed by atoms with E-state index in [4.69, 9.17) is 0 Å². The molecule has 0 aliphatic carbocycles. The summed E-state index contributed by atoms with van der Waals surface area (Å²) >= 11 is 3.69. The molecule has 0 bridgehead atoms. The maximum atomic E-state index is 3.69. The Balaban J connectivity index is 2.91. The number of hydrogen-bond acceptors (Lipinski definition) is 2. The van der Waals surface area contributed by atoms with Gasteiger partial charge in [0.25, 0.3) is 0 Å². The van der Waals surface area contributed by atoms with Crippen LogP contribution in [-0.4, -0.2) is 19.6 Å². The smallest absolute Gasteiger partial charge is 0.0377 e. The number of nitrogens with zero attached hydrogens (tertiary/aromatic N) is 1. The molecule has 0 aliphatic heterocycles. The van der Waals surface area contributed by atoms with Crippen LogP contribution in [0.4, 0.5) is 5.69 Å². The highest BCUT2D eigenvalue weighted by Crippen LogP contribution is 2.28. The molecule has 18 heavy (non-hydrogen) atoms. The minimum atomic E-state index is 0.382. The SMILES string of the molecule is CCNC(C)c1ccc(N(C)C(C)CC)cc1Br. The fourth-order valence-corrected chi connectivity index (χ4v) is 2.74. The topological polar surface area (TPSA) is 15.3 Å². The van der Waals surface area contributed by atoms with E-state index in [1.165, 1.54) is 15.7 Å². The lowest BCUT2D eigenvalue weighted by Crippen LogP contribution is -2.28. The molecule has 0 fully saturated rings. The molecule has 1 N–H and O–H groups in total. The van der Waals surface area contributed by atoms with Gasteiger partial charge in [-0.2, -0.15) is 0 Å². The number of halogens is 1. The molecule has 0 saturated carbocycles. The monoisotopic (exact) mass is 312 g/mol. The second-order valence-corrected chi connectivity index (χ2v) is 5.71. The third-order valence-electron chi connectivity index (χ3n) is 3.62. The van der Waals surface area contributed by atoms with Crippen molar-refractivity contribution in [2.45, 2.75) is 46.2 Å². The van der Waals surface area contributed by atoms with Gasteiger partial charge in [-0.15, -0.1) is 0 Å². The van der Waals surface area contributed by atoms with Crippen molar-refractivity contribution in [1.82, 2.24) is 5.32 Å². The lowest BCUT2D eigenvalue weighted by Gasteiger charge is -2.27. The Kier molecular flexibility index (Phi) is 6.16. The molecule has 0 radical (unpaired) electrons. The van der Waals surface area contributed by atoms with E-state index in [1.54, 1.807) is 0 Å². The third-order valence-corrected chi connectivity index (χ3v) is 4.31. The highest BCUT2D eigenvalue weighted by Gasteiger charge is 2.12. The fraction of sp³-hybridized carbons (Fsp3) is 0.600. The van der Waals surface area contributed by atoms with Crippen molar-refractivity contribution >= 4 is 21.6 Å². The van der Waals surface area contributed by atoms with Gasteiger partial charge in [0.15, 0.2) is 0 Å². The summed E-state index contributed by atoms with van der Waals surface area (Å²) in [6, 6.07) is 7.59. The number of hydrogen-bond donors (Lipinski definition) is 1. The molecule has 0 amide bonds. The van der Waals surface area contributed by atoms with Crippen LogP contribution >= 0.6 is 15.9 Å². The standard InChI is InChI=1S/C15H25BrN2/c1-6-11(3)18(5)13-8-9-14(15(16)10-13)12(4)17-7-2/h8-12,17H,6-7H2,1-5H3. The van der Waals surface area contributed by atoms with E-state index in [9.17, 15) is 0 Å². The molecule has 1 aromatic rings. The van der Waals surface area contributed by atoms with Gasteiger partial charge in [0.1, 0.15) is 0 Å². The van der Waals surface area contributed by atoms with E-state index in [1.807, 2.05) is 0 Å². The quantitative estimate of drug-likeness (QED) is 0.840. The van der Waals surface area contributed by atoms with Crippen molar-refractivity contribution in [1.29, 1.82) is 0 Å². The van der Waals surface area contributed by atoms with E-state index in [0.717, 1.165) is 13.0 Å². The summed E-state index contributed by atoms with van der Waals surface area (Å²) in [4.78, 5) is 2.33. The molecule has 2 nitrogen and oxygen atoms in total. The number of rotatable bonds is 6. The van der Waals surface area contributed by atoms with Crippen LogP contribution in [0.25, 0.3) is 0 Å². The maximum Gasteiger partial charge on any atom is 0.0377 e. The predicted molar refractivity (Wildman–Crippen MR) is 84.4 cm³/mol. The molecule has 3 heteroatoms. The molecular weight excluding hydrogens is 288 g/mol. The van der Waals surface area contributed by atoms with Crippen LogP contribution < -0.4 is 10.2 Å². The Hall–Kier alpha value is -0.540. The Morgan fingerprint density at radius 2 is 1.94 bits per heavy atom. The van der Waals surface area contributed by atoms with Gasteiger partial charge in [0, 0.05) is 29.3 Å². The van der Waals surface area contributed by atoms with E-state index < -0.39 is 0 Å². The minimum absolute atomic E-state index is 0.382. The van der Waals surface area contributed by atoms with Gasteiger partial charge in [0.05, 0.1) is 0 Å². The Morgan fingerprint density at radius 3 is 2.44 bits per heavy atom. The zero-order chi connectivity index (χ0) is 13.7. The first-order chi connectivity index (χ1) is 8.51. The average molecular weight is 313 g/mol. The lowest BCUT2D eigenvalue weighted by atomic mass is 10.1. The summed E-state index contributed by atoms with van der Waals surface area (Å²) in [6.45, 7) is 9.79. The maximum absolute atomic E-state index is 3.69. The summed E-state index contributed by atoms with van der Waals surface area (Å²) in [5.41, 5.74) is 2.59. The van der Waals surface area contributed by atoms with Crippen LogP contribution in [-0.2, 0) is 0 Å². The van der Waals surface area contributed by atoms with Crippen molar-refractivity contribution in [3.8, 4) is 0 Å². The van der Waals surface area contributed by atoms with Crippen molar-refractivity contribution in [3.63, 3.8) is 0 Å². The van der Waals surface area contributed by atoms with Crippen LogP contribution in [0.5, 0.6) is 0 Å². The van der Waals surface area contributed by atoms with Gasteiger partial charge in [-0.25, -0.2) is 0 Å². The highest BCUT2D eigenvalue weighted by molar-refractivity contribution is 9.10. The highest BCUT2D eigenvalue weighted by atomic mass is 79.9. The molecular formula is C15H25BrN2. The van der Waals surface area contributed by atoms with E-state index in [-0.39, 0.29) is 0 Å². The largest absolute Gasteiger partial charge is 0.372 e. The predicted octanol–water partition coefficient (Wildman–Crippen LogP) is 4.35. The molecule has 102 valence electrons. The normalized spacial score (nSPS) is 14.3. The van der Waals surface area contributed by atoms with Crippen LogP contribution in [0.2, 0.25) is 0 Å². The summed E-state index contributed by atoms with van der Waals surface area (Å²) in [7, 11) is 2.16. The van der Waals surface area contributed by atoms with Gasteiger partial charge in [0.2, 0.25) is 0 Å². The molecule has 0 heterocycles. The molecule has 0 aromatic heterocycles. The third kappa shape index (κ3) is 3.72. The van der Waals surface area contributed by atoms with Crippen LogP contribution in [0.1, 0.15) is 45.7 Å². The summed E-state index contributed by atoms with van der Waals surface area (Å²) in [5, 5.41) is 3.44. The van der Waals surface area contributed by atoms with Gasteiger partial charge in [-0.05, 0) is 44.5 Å². The molecule has 0 saturated heterocycles. The second kappa shape index (κ2) is 7.15. The Morgan fingerprint density at radius 1 is 1.28 bits per heavy atom. The lowest BCUT2D eigenvalue weighted by molar-refractivity contribution is 0.595. The molecule has 1 aromatic carbocycles. The fourth-order valence-electron chi connectivity index (χ4n) is 2.03. The Bertz CT molecular complexity index is 379. The molecule has 0 aliphatic rings. The summed E-state index contributed by atoms with van der Waals surface area (Å²) in [6.07, 6.45) is 1.16. The summed E-state index contributed by atoms with van der Waals surface area (Å²) < 4.78 is 1.18.